The second kappa shape index (κ2) is 8.17. The smallest absolute Gasteiger partial charge is 0.277 e. The lowest BCUT2D eigenvalue weighted by atomic mass is 9.99. The molecule has 0 saturated heterocycles. The van der Waals surface area contributed by atoms with Gasteiger partial charge in [-0.3, -0.25) is 4.79 Å². The Morgan fingerprint density at radius 2 is 2.09 bits per heavy atom. The maximum absolute atomic E-state index is 11.7. The van der Waals surface area contributed by atoms with Gasteiger partial charge in [-0.25, -0.2) is 5.43 Å². The minimum absolute atomic E-state index is 0.0623. The van der Waals surface area contributed by atoms with Crippen LogP contribution >= 0.6 is 0 Å². The van der Waals surface area contributed by atoms with Crippen molar-refractivity contribution in [2.24, 2.45) is 12.1 Å². The molecule has 0 aliphatic rings. The Labute approximate surface area is 137 Å². The third-order valence-corrected chi connectivity index (χ3v) is 3.80. The molecule has 23 heavy (non-hydrogen) atoms. The van der Waals surface area contributed by atoms with E-state index in [0.29, 0.717) is 11.7 Å². The fourth-order valence-electron chi connectivity index (χ4n) is 2.09. The number of rotatable bonds is 7. The van der Waals surface area contributed by atoms with Crippen LogP contribution in [0.5, 0.6) is 5.75 Å². The van der Waals surface area contributed by atoms with E-state index in [1.807, 2.05) is 54.2 Å². The van der Waals surface area contributed by atoms with Gasteiger partial charge in [-0.2, -0.15) is 5.10 Å². The van der Waals surface area contributed by atoms with Gasteiger partial charge in [0.2, 0.25) is 0 Å². The van der Waals surface area contributed by atoms with Crippen LogP contribution in [0.15, 0.2) is 47.7 Å². The van der Waals surface area contributed by atoms with Crippen molar-refractivity contribution < 1.29 is 9.53 Å². The molecule has 1 N–H and O–H groups in total. The molecule has 0 bridgehead atoms. The zero-order valence-electron chi connectivity index (χ0n) is 13.8. The second-order valence-corrected chi connectivity index (χ2v) is 5.50. The lowest BCUT2D eigenvalue weighted by molar-refractivity contribution is -0.123. The number of carbonyl (C=O) groups is 1. The van der Waals surface area contributed by atoms with Gasteiger partial charge >= 0.3 is 0 Å². The number of aryl methyl sites for hydroxylation is 1. The SMILES string of the molecule is CCC(C)c1ccc(OCC(=O)N/N=C\c2cccn2C)cc1. The normalized spacial score (nSPS) is 12.3. The van der Waals surface area contributed by atoms with Crippen LogP contribution in [0.2, 0.25) is 0 Å². The van der Waals surface area contributed by atoms with E-state index < -0.39 is 0 Å². The summed E-state index contributed by atoms with van der Waals surface area (Å²) in [6, 6.07) is 11.7. The molecule has 2 aromatic rings. The van der Waals surface area contributed by atoms with Crippen LogP contribution in [0, 0.1) is 0 Å². The molecule has 1 aromatic heterocycles. The Hall–Kier alpha value is -2.56. The maximum atomic E-state index is 11.7. The topological polar surface area (TPSA) is 55.6 Å². The fraction of sp³-hybridized carbons (Fsp3) is 0.333. The van der Waals surface area contributed by atoms with Crippen LogP contribution in [0.25, 0.3) is 0 Å². The van der Waals surface area contributed by atoms with Crippen molar-refractivity contribution in [1.29, 1.82) is 0 Å². The summed E-state index contributed by atoms with van der Waals surface area (Å²) >= 11 is 0. The number of aromatic nitrogens is 1. The third kappa shape index (κ3) is 4.98. The number of ether oxygens (including phenoxy) is 1. The first kappa shape index (κ1) is 16.8. The number of amides is 1. The van der Waals surface area contributed by atoms with Crippen LogP contribution < -0.4 is 10.2 Å². The standard InChI is InChI=1S/C18H23N3O2/c1-4-14(2)15-7-9-17(10-8-15)23-13-18(22)20-19-12-16-6-5-11-21(16)3/h5-12,14H,4,13H2,1-3H3,(H,20,22)/b19-12-. The molecule has 0 fully saturated rings. The molecule has 1 aromatic carbocycles. The van der Waals surface area contributed by atoms with Crippen LogP contribution in [0.3, 0.4) is 0 Å². The largest absolute Gasteiger partial charge is 0.484 e. The Balaban J connectivity index is 1.78. The zero-order valence-corrected chi connectivity index (χ0v) is 13.8. The second-order valence-electron chi connectivity index (χ2n) is 5.50. The van der Waals surface area contributed by atoms with Gasteiger partial charge in [0, 0.05) is 13.2 Å². The van der Waals surface area contributed by atoms with E-state index in [2.05, 4.69) is 24.4 Å². The highest BCUT2D eigenvalue weighted by Gasteiger charge is 2.04. The van der Waals surface area contributed by atoms with Gasteiger partial charge in [0.05, 0.1) is 11.9 Å². The molecule has 0 radical (unpaired) electrons. The van der Waals surface area contributed by atoms with Crippen molar-refractivity contribution in [3.05, 3.63) is 53.9 Å². The molecule has 1 atom stereocenters. The highest BCUT2D eigenvalue weighted by Crippen LogP contribution is 2.21. The van der Waals surface area contributed by atoms with Crippen molar-refractivity contribution in [2.75, 3.05) is 6.61 Å². The lowest BCUT2D eigenvalue weighted by Gasteiger charge is -2.10. The molecule has 5 heteroatoms. The first-order valence-electron chi connectivity index (χ1n) is 7.76. The Bertz CT molecular complexity index is 659. The van der Waals surface area contributed by atoms with Crippen molar-refractivity contribution in [3.63, 3.8) is 0 Å². The predicted octanol–water partition coefficient (Wildman–Crippen LogP) is 3.07. The first-order valence-corrected chi connectivity index (χ1v) is 7.76. The highest BCUT2D eigenvalue weighted by molar-refractivity contribution is 5.81. The molecule has 0 saturated carbocycles. The Morgan fingerprint density at radius 1 is 1.35 bits per heavy atom. The van der Waals surface area contributed by atoms with E-state index in [1.165, 1.54) is 5.56 Å². The van der Waals surface area contributed by atoms with E-state index in [1.54, 1.807) is 6.21 Å². The molecule has 1 amide bonds. The fourth-order valence-corrected chi connectivity index (χ4v) is 2.09. The van der Waals surface area contributed by atoms with Crippen LogP contribution in [0.1, 0.15) is 37.4 Å². The molecular formula is C18H23N3O2. The molecule has 1 unspecified atom stereocenters. The highest BCUT2D eigenvalue weighted by atomic mass is 16.5. The molecule has 0 aliphatic heterocycles. The average Bonchev–Trinajstić information content (AvgIpc) is 2.98. The minimum Gasteiger partial charge on any atom is -0.484 e. The van der Waals surface area contributed by atoms with Crippen molar-refractivity contribution >= 4 is 12.1 Å². The summed E-state index contributed by atoms with van der Waals surface area (Å²) in [6.07, 6.45) is 4.61. The number of hydrogen-bond donors (Lipinski definition) is 1. The molecular weight excluding hydrogens is 290 g/mol. The molecule has 1 heterocycles. The summed E-state index contributed by atoms with van der Waals surface area (Å²) in [6.45, 7) is 4.29. The number of hydrazone groups is 1. The van der Waals surface area contributed by atoms with Gasteiger partial charge in [0.25, 0.3) is 5.91 Å². The van der Waals surface area contributed by atoms with Gasteiger partial charge in [0.1, 0.15) is 5.75 Å². The summed E-state index contributed by atoms with van der Waals surface area (Å²) in [7, 11) is 1.91. The van der Waals surface area contributed by atoms with Crippen molar-refractivity contribution in [2.45, 2.75) is 26.2 Å². The van der Waals surface area contributed by atoms with E-state index in [-0.39, 0.29) is 12.5 Å². The molecule has 122 valence electrons. The van der Waals surface area contributed by atoms with E-state index >= 15 is 0 Å². The summed E-state index contributed by atoms with van der Waals surface area (Å²) in [5.41, 5.74) is 4.63. The van der Waals surface area contributed by atoms with Gasteiger partial charge in [-0.15, -0.1) is 0 Å². The third-order valence-electron chi connectivity index (χ3n) is 3.80. The van der Waals surface area contributed by atoms with Crippen LogP contribution in [0.4, 0.5) is 0 Å². The van der Waals surface area contributed by atoms with Crippen molar-refractivity contribution in [1.82, 2.24) is 9.99 Å². The van der Waals surface area contributed by atoms with Gasteiger partial charge in [-0.05, 0) is 42.2 Å². The van der Waals surface area contributed by atoms with Gasteiger partial charge in [0.15, 0.2) is 6.61 Å². The monoisotopic (exact) mass is 313 g/mol. The predicted molar refractivity (Wildman–Crippen MR) is 91.8 cm³/mol. The lowest BCUT2D eigenvalue weighted by Crippen LogP contribution is -2.24. The van der Waals surface area contributed by atoms with Crippen molar-refractivity contribution in [3.8, 4) is 5.75 Å². The number of benzene rings is 1. The molecule has 5 nitrogen and oxygen atoms in total. The Morgan fingerprint density at radius 3 is 2.70 bits per heavy atom. The summed E-state index contributed by atoms with van der Waals surface area (Å²) < 4.78 is 7.36. The van der Waals surface area contributed by atoms with E-state index in [0.717, 1.165) is 12.1 Å². The Kier molecular flexibility index (Phi) is 5.97. The summed E-state index contributed by atoms with van der Waals surface area (Å²) in [5.74, 6) is 0.916. The number of hydrogen-bond acceptors (Lipinski definition) is 3. The van der Waals surface area contributed by atoms with Gasteiger partial charge in [-0.1, -0.05) is 26.0 Å². The summed E-state index contributed by atoms with van der Waals surface area (Å²) in [5, 5.41) is 3.91. The maximum Gasteiger partial charge on any atom is 0.277 e. The minimum atomic E-state index is -0.290. The zero-order chi connectivity index (χ0) is 16.7. The quantitative estimate of drug-likeness (QED) is 0.631. The number of nitrogens with one attached hydrogen (secondary N) is 1. The molecule has 0 aliphatic carbocycles. The van der Waals surface area contributed by atoms with Crippen LogP contribution in [-0.4, -0.2) is 23.3 Å². The average molecular weight is 313 g/mol. The summed E-state index contributed by atoms with van der Waals surface area (Å²) in [4.78, 5) is 11.7. The van der Waals surface area contributed by atoms with Gasteiger partial charge < -0.3 is 9.30 Å². The van der Waals surface area contributed by atoms with E-state index in [9.17, 15) is 4.79 Å². The van der Waals surface area contributed by atoms with E-state index in [4.69, 9.17) is 4.74 Å². The number of nitrogens with zero attached hydrogens (tertiary/aromatic N) is 2. The van der Waals surface area contributed by atoms with Crippen LogP contribution in [-0.2, 0) is 11.8 Å². The first-order chi connectivity index (χ1) is 11.1. The number of carbonyl (C=O) groups excluding carboxylic acids is 1. The molecule has 0 spiro atoms. The molecule has 2 rings (SSSR count).